The lowest BCUT2D eigenvalue weighted by molar-refractivity contribution is 0.192. The molecule has 3 N–H and O–H groups in total. The highest BCUT2D eigenvalue weighted by Crippen LogP contribution is 2.10. The van der Waals surface area contributed by atoms with Gasteiger partial charge in [0, 0.05) is 20.3 Å². The Morgan fingerprint density at radius 1 is 1.16 bits per heavy atom. The van der Waals surface area contributed by atoms with E-state index in [0.717, 1.165) is 32.4 Å². The Balaban J connectivity index is 2.38. The first-order chi connectivity index (χ1) is 9.11. The van der Waals surface area contributed by atoms with Gasteiger partial charge in [-0.2, -0.15) is 15.0 Å². The lowest BCUT2D eigenvalue weighted by Crippen LogP contribution is -2.13. The van der Waals surface area contributed by atoms with E-state index < -0.39 is 0 Å². The summed E-state index contributed by atoms with van der Waals surface area (Å²) in [5, 5.41) is 3.11. The predicted molar refractivity (Wildman–Crippen MR) is 74.2 cm³/mol. The van der Waals surface area contributed by atoms with Crippen molar-refractivity contribution in [1.29, 1.82) is 0 Å². The van der Waals surface area contributed by atoms with Gasteiger partial charge in [-0.05, 0) is 33.1 Å². The number of nitrogens with two attached hydrogens (primary N) is 1. The molecule has 1 rings (SSSR count). The topological polar surface area (TPSA) is 95.2 Å². The number of rotatable bonds is 9. The number of anilines is 2. The van der Waals surface area contributed by atoms with E-state index in [9.17, 15) is 0 Å². The van der Waals surface area contributed by atoms with Gasteiger partial charge in [0.15, 0.2) is 0 Å². The largest absolute Gasteiger partial charge is 0.461 e. The molecule has 108 valence electrons. The van der Waals surface area contributed by atoms with Crippen molar-refractivity contribution in [3.8, 4) is 6.01 Å². The second kappa shape index (κ2) is 8.47. The number of methoxy groups -OCH3 is 1. The number of aromatic nitrogens is 3. The van der Waals surface area contributed by atoms with Crippen LogP contribution < -0.4 is 15.8 Å². The number of hydrogen-bond acceptors (Lipinski definition) is 7. The zero-order valence-electron chi connectivity index (χ0n) is 11.8. The Bertz CT molecular complexity index is 373. The van der Waals surface area contributed by atoms with Gasteiger partial charge >= 0.3 is 6.01 Å². The highest BCUT2D eigenvalue weighted by Gasteiger charge is 2.06. The van der Waals surface area contributed by atoms with Gasteiger partial charge in [-0.1, -0.05) is 0 Å². The van der Waals surface area contributed by atoms with Gasteiger partial charge in [-0.25, -0.2) is 0 Å². The van der Waals surface area contributed by atoms with E-state index in [0.29, 0.717) is 5.95 Å². The van der Waals surface area contributed by atoms with Crippen molar-refractivity contribution in [2.75, 3.05) is 31.3 Å². The minimum Gasteiger partial charge on any atom is -0.461 e. The molecular weight excluding hydrogens is 246 g/mol. The van der Waals surface area contributed by atoms with E-state index in [2.05, 4.69) is 20.3 Å². The number of nitrogens with one attached hydrogen (secondary N) is 1. The standard InChI is InChI=1S/C12H23N5O2/c1-9(2)19-12-16-10(13)15-11(17-12)14-7-5-4-6-8-18-3/h9H,4-8H2,1-3H3,(H3,13,14,15,16,17). The summed E-state index contributed by atoms with van der Waals surface area (Å²) in [6, 6.07) is 0.254. The SMILES string of the molecule is COCCCCCNc1nc(N)nc(OC(C)C)n1. The summed E-state index contributed by atoms with van der Waals surface area (Å²) in [6.07, 6.45) is 3.18. The third kappa shape index (κ3) is 6.76. The second-order valence-corrected chi connectivity index (χ2v) is 4.45. The third-order valence-electron chi connectivity index (χ3n) is 2.28. The minimum atomic E-state index is 0.00342. The van der Waals surface area contributed by atoms with E-state index in [4.69, 9.17) is 15.2 Å². The molecule has 0 saturated carbocycles. The molecule has 0 bridgehead atoms. The van der Waals surface area contributed by atoms with Crippen LogP contribution in [0.4, 0.5) is 11.9 Å². The minimum absolute atomic E-state index is 0.00342. The Kier molecular flexibility index (Phi) is 6.88. The zero-order valence-corrected chi connectivity index (χ0v) is 11.8. The maximum Gasteiger partial charge on any atom is 0.323 e. The quantitative estimate of drug-likeness (QED) is 0.655. The van der Waals surface area contributed by atoms with E-state index >= 15 is 0 Å². The Morgan fingerprint density at radius 2 is 1.95 bits per heavy atom. The van der Waals surface area contributed by atoms with Crippen molar-refractivity contribution < 1.29 is 9.47 Å². The van der Waals surface area contributed by atoms with Crippen molar-refractivity contribution in [3.63, 3.8) is 0 Å². The van der Waals surface area contributed by atoms with Crippen LogP contribution in [0.2, 0.25) is 0 Å². The normalized spacial score (nSPS) is 10.7. The molecule has 1 heterocycles. The van der Waals surface area contributed by atoms with Crippen molar-refractivity contribution in [2.45, 2.75) is 39.2 Å². The smallest absolute Gasteiger partial charge is 0.323 e. The Hall–Kier alpha value is -1.63. The second-order valence-electron chi connectivity index (χ2n) is 4.45. The number of nitrogens with zero attached hydrogens (tertiary/aromatic N) is 3. The number of nitrogen functional groups attached to an aromatic ring is 1. The van der Waals surface area contributed by atoms with E-state index in [1.165, 1.54) is 0 Å². The average Bonchev–Trinajstić information content (AvgIpc) is 2.32. The first-order valence-electron chi connectivity index (χ1n) is 6.53. The van der Waals surface area contributed by atoms with Gasteiger partial charge in [-0.3, -0.25) is 0 Å². The van der Waals surface area contributed by atoms with E-state index in [-0.39, 0.29) is 18.1 Å². The number of hydrogen-bond donors (Lipinski definition) is 2. The van der Waals surface area contributed by atoms with Gasteiger partial charge in [0.2, 0.25) is 11.9 Å². The fourth-order valence-corrected chi connectivity index (χ4v) is 1.46. The summed E-state index contributed by atoms with van der Waals surface area (Å²) < 4.78 is 10.4. The van der Waals surface area contributed by atoms with Crippen LogP contribution in [-0.4, -0.2) is 41.3 Å². The van der Waals surface area contributed by atoms with Crippen molar-refractivity contribution >= 4 is 11.9 Å². The Morgan fingerprint density at radius 3 is 2.63 bits per heavy atom. The van der Waals surface area contributed by atoms with E-state index in [1.807, 2.05) is 13.8 Å². The predicted octanol–water partition coefficient (Wildman–Crippen LogP) is 1.47. The highest BCUT2D eigenvalue weighted by molar-refractivity contribution is 5.32. The van der Waals surface area contributed by atoms with Crippen molar-refractivity contribution in [1.82, 2.24) is 15.0 Å². The summed E-state index contributed by atoms with van der Waals surface area (Å²) in [5.41, 5.74) is 5.61. The third-order valence-corrected chi connectivity index (χ3v) is 2.28. The molecule has 7 heteroatoms. The fourth-order valence-electron chi connectivity index (χ4n) is 1.46. The molecule has 1 aromatic heterocycles. The van der Waals surface area contributed by atoms with Gasteiger partial charge in [0.25, 0.3) is 0 Å². The summed E-state index contributed by atoms with van der Waals surface area (Å²) >= 11 is 0. The number of ether oxygens (including phenoxy) is 2. The maximum atomic E-state index is 5.61. The lowest BCUT2D eigenvalue weighted by atomic mass is 10.2. The van der Waals surface area contributed by atoms with Crippen LogP contribution in [0, 0.1) is 0 Å². The monoisotopic (exact) mass is 269 g/mol. The summed E-state index contributed by atoms with van der Waals surface area (Å²) in [4.78, 5) is 12.1. The lowest BCUT2D eigenvalue weighted by Gasteiger charge is -2.10. The number of unbranched alkanes of at least 4 members (excludes halogenated alkanes) is 2. The van der Waals surface area contributed by atoms with Gasteiger partial charge in [0.05, 0.1) is 6.10 Å². The van der Waals surface area contributed by atoms with Crippen LogP contribution in [-0.2, 0) is 4.74 Å². The molecular formula is C12H23N5O2. The average molecular weight is 269 g/mol. The van der Waals surface area contributed by atoms with Crippen molar-refractivity contribution in [3.05, 3.63) is 0 Å². The first kappa shape index (κ1) is 15.4. The van der Waals surface area contributed by atoms with Crippen LogP contribution in [0.5, 0.6) is 6.01 Å². The molecule has 7 nitrogen and oxygen atoms in total. The summed E-state index contributed by atoms with van der Waals surface area (Å²) in [6.45, 7) is 5.39. The van der Waals surface area contributed by atoms with E-state index in [1.54, 1.807) is 7.11 Å². The zero-order chi connectivity index (χ0) is 14.1. The Labute approximate surface area is 113 Å². The van der Waals surface area contributed by atoms with Gasteiger partial charge in [-0.15, -0.1) is 0 Å². The van der Waals surface area contributed by atoms with Crippen LogP contribution in [0.3, 0.4) is 0 Å². The molecule has 0 saturated heterocycles. The van der Waals surface area contributed by atoms with Crippen LogP contribution in [0.1, 0.15) is 33.1 Å². The first-order valence-corrected chi connectivity index (χ1v) is 6.53. The molecule has 0 spiro atoms. The molecule has 0 aromatic carbocycles. The fraction of sp³-hybridized carbons (Fsp3) is 0.750. The maximum absolute atomic E-state index is 5.61. The molecule has 0 amide bonds. The summed E-state index contributed by atoms with van der Waals surface area (Å²) in [5.74, 6) is 0.613. The molecule has 0 atom stereocenters. The van der Waals surface area contributed by atoms with Gasteiger partial charge in [0.1, 0.15) is 0 Å². The molecule has 19 heavy (non-hydrogen) atoms. The van der Waals surface area contributed by atoms with Gasteiger partial charge < -0.3 is 20.5 Å². The van der Waals surface area contributed by atoms with Crippen LogP contribution in [0.25, 0.3) is 0 Å². The highest BCUT2D eigenvalue weighted by atomic mass is 16.5. The molecule has 0 fully saturated rings. The molecule has 0 radical (unpaired) electrons. The van der Waals surface area contributed by atoms with Crippen molar-refractivity contribution in [2.24, 2.45) is 0 Å². The molecule has 0 aliphatic heterocycles. The van der Waals surface area contributed by atoms with Crippen LogP contribution >= 0.6 is 0 Å². The summed E-state index contributed by atoms with van der Waals surface area (Å²) in [7, 11) is 1.71. The molecule has 0 aliphatic rings. The molecule has 1 aromatic rings. The molecule has 0 aliphatic carbocycles. The molecule has 0 unspecified atom stereocenters. The van der Waals surface area contributed by atoms with Crippen LogP contribution in [0.15, 0.2) is 0 Å².